The van der Waals surface area contributed by atoms with E-state index in [4.69, 9.17) is 10.8 Å². The molecule has 20 heavy (non-hydrogen) atoms. The molecule has 0 heterocycles. The van der Waals surface area contributed by atoms with E-state index in [0.29, 0.717) is 16.8 Å². The number of benzene rings is 2. The lowest BCUT2D eigenvalue weighted by Crippen LogP contribution is -1.98. The van der Waals surface area contributed by atoms with Crippen LogP contribution in [0.1, 0.15) is 27.9 Å². The summed E-state index contributed by atoms with van der Waals surface area (Å²) in [6.07, 6.45) is 2.87. The van der Waals surface area contributed by atoms with Crippen LogP contribution in [-0.2, 0) is 12.8 Å². The van der Waals surface area contributed by atoms with Crippen LogP contribution >= 0.6 is 0 Å². The van der Waals surface area contributed by atoms with E-state index in [2.05, 4.69) is 0 Å². The molecular weight excluding hydrogens is 254 g/mol. The van der Waals surface area contributed by atoms with Crippen molar-refractivity contribution in [1.29, 1.82) is 0 Å². The van der Waals surface area contributed by atoms with Gasteiger partial charge in [-0.3, -0.25) is 0 Å². The molecule has 102 valence electrons. The first kappa shape index (κ1) is 12.5. The Kier molecular flexibility index (Phi) is 2.86. The Morgan fingerprint density at radius 3 is 2.75 bits per heavy atom. The van der Waals surface area contributed by atoms with Crippen LogP contribution in [0.15, 0.2) is 30.3 Å². The number of carboxylic acid groups (broad SMARTS) is 1. The number of rotatable bonds is 2. The van der Waals surface area contributed by atoms with E-state index in [1.165, 1.54) is 6.07 Å². The molecule has 0 unspecified atom stereocenters. The molecular formula is C16H15NO3. The van der Waals surface area contributed by atoms with Gasteiger partial charge in [-0.05, 0) is 54.2 Å². The fourth-order valence-corrected chi connectivity index (χ4v) is 2.87. The Morgan fingerprint density at radius 2 is 2.00 bits per heavy atom. The van der Waals surface area contributed by atoms with Crippen LogP contribution in [0.4, 0.5) is 5.69 Å². The summed E-state index contributed by atoms with van der Waals surface area (Å²) in [7, 11) is 0. The monoisotopic (exact) mass is 269 g/mol. The van der Waals surface area contributed by atoms with Gasteiger partial charge in [0, 0.05) is 5.56 Å². The van der Waals surface area contributed by atoms with E-state index in [1.807, 2.05) is 6.07 Å². The second kappa shape index (κ2) is 4.56. The molecule has 4 N–H and O–H groups in total. The predicted molar refractivity (Wildman–Crippen MR) is 76.9 cm³/mol. The van der Waals surface area contributed by atoms with Crippen molar-refractivity contribution in [1.82, 2.24) is 0 Å². The van der Waals surface area contributed by atoms with Gasteiger partial charge in [-0.2, -0.15) is 0 Å². The maximum atomic E-state index is 11.1. The van der Waals surface area contributed by atoms with E-state index in [0.717, 1.165) is 30.4 Å². The van der Waals surface area contributed by atoms with Crippen LogP contribution in [0.5, 0.6) is 5.75 Å². The molecule has 2 aromatic rings. The number of aromatic carboxylic acids is 1. The lowest BCUT2D eigenvalue weighted by molar-refractivity contribution is 0.0697. The van der Waals surface area contributed by atoms with Gasteiger partial charge in [-0.1, -0.05) is 12.1 Å². The lowest BCUT2D eigenvalue weighted by atomic mass is 9.94. The molecule has 0 radical (unpaired) electrons. The summed E-state index contributed by atoms with van der Waals surface area (Å²) in [4.78, 5) is 11.1. The third-order valence-electron chi connectivity index (χ3n) is 3.80. The van der Waals surface area contributed by atoms with E-state index in [-0.39, 0.29) is 11.3 Å². The van der Waals surface area contributed by atoms with Gasteiger partial charge in [0.25, 0.3) is 0 Å². The number of carbonyl (C=O) groups is 1. The van der Waals surface area contributed by atoms with E-state index < -0.39 is 5.97 Å². The molecule has 0 saturated carbocycles. The van der Waals surface area contributed by atoms with Crippen molar-refractivity contribution in [3.05, 3.63) is 47.0 Å². The molecule has 0 bridgehead atoms. The summed E-state index contributed by atoms with van der Waals surface area (Å²) in [5, 5.41) is 19.4. The Labute approximate surface area is 116 Å². The van der Waals surface area contributed by atoms with E-state index >= 15 is 0 Å². The minimum atomic E-state index is -0.980. The number of aryl methyl sites for hydroxylation is 1. The van der Waals surface area contributed by atoms with Crippen LogP contribution in [-0.4, -0.2) is 16.2 Å². The van der Waals surface area contributed by atoms with Crippen molar-refractivity contribution in [3.8, 4) is 16.9 Å². The standard InChI is InChI=1S/C16H15NO3/c17-13-8-9-3-2-6-12(9)14(15(13)18)10-4-1-5-11(7-10)16(19)20/h1,4-5,7-8,18H,2-3,6,17H2,(H,19,20). The average Bonchev–Trinajstić information content (AvgIpc) is 2.87. The lowest BCUT2D eigenvalue weighted by Gasteiger charge is -2.14. The van der Waals surface area contributed by atoms with Gasteiger partial charge in [-0.15, -0.1) is 0 Å². The number of hydrogen-bond acceptors (Lipinski definition) is 3. The van der Waals surface area contributed by atoms with E-state index in [9.17, 15) is 9.90 Å². The van der Waals surface area contributed by atoms with Crippen molar-refractivity contribution in [2.24, 2.45) is 0 Å². The molecule has 2 aromatic carbocycles. The first-order valence-electron chi connectivity index (χ1n) is 6.55. The third kappa shape index (κ3) is 1.90. The molecule has 4 heteroatoms. The van der Waals surface area contributed by atoms with Gasteiger partial charge in [0.1, 0.15) is 5.75 Å². The Hall–Kier alpha value is -2.49. The van der Waals surface area contributed by atoms with Crippen molar-refractivity contribution < 1.29 is 15.0 Å². The highest BCUT2D eigenvalue weighted by Gasteiger charge is 2.21. The minimum Gasteiger partial charge on any atom is -0.505 e. The first-order valence-corrected chi connectivity index (χ1v) is 6.55. The van der Waals surface area contributed by atoms with Gasteiger partial charge in [0.2, 0.25) is 0 Å². The third-order valence-corrected chi connectivity index (χ3v) is 3.80. The molecule has 3 rings (SSSR count). The fraction of sp³-hybridized carbons (Fsp3) is 0.188. The highest BCUT2D eigenvalue weighted by Crippen LogP contribution is 2.42. The number of aromatic hydroxyl groups is 1. The van der Waals surface area contributed by atoms with Crippen molar-refractivity contribution in [3.63, 3.8) is 0 Å². The predicted octanol–water partition coefficient (Wildman–Crippen LogP) is 2.83. The molecule has 4 nitrogen and oxygen atoms in total. The SMILES string of the molecule is Nc1cc2c(c(-c3cccc(C(=O)O)c3)c1O)CCC2. The van der Waals surface area contributed by atoms with Crippen molar-refractivity contribution in [2.45, 2.75) is 19.3 Å². The van der Waals surface area contributed by atoms with Crippen LogP contribution in [0.25, 0.3) is 11.1 Å². The van der Waals surface area contributed by atoms with Crippen LogP contribution < -0.4 is 5.73 Å². The Balaban J connectivity index is 2.24. The number of nitrogen functional groups attached to an aromatic ring is 1. The summed E-state index contributed by atoms with van der Waals surface area (Å²) >= 11 is 0. The van der Waals surface area contributed by atoms with Crippen molar-refractivity contribution >= 4 is 11.7 Å². The first-order chi connectivity index (χ1) is 9.58. The fourth-order valence-electron chi connectivity index (χ4n) is 2.87. The molecule has 0 amide bonds. The average molecular weight is 269 g/mol. The summed E-state index contributed by atoms with van der Waals surface area (Å²) in [6, 6.07) is 8.43. The highest BCUT2D eigenvalue weighted by atomic mass is 16.4. The molecule has 1 aliphatic carbocycles. The number of fused-ring (bicyclic) bond motifs is 1. The molecule has 0 saturated heterocycles. The van der Waals surface area contributed by atoms with Crippen LogP contribution in [0.2, 0.25) is 0 Å². The summed E-state index contributed by atoms with van der Waals surface area (Å²) in [6.45, 7) is 0. The zero-order valence-corrected chi connectivity index (χ0v) is 10.9. The van der Waals surface area contributed by atoms with Crippen LogP contribution in [0, 0.1) is 0 Å². The molecule has 0 atom stereocenters. The quantitative estimate of drug-likeness (QED) is 0.578. The highest BCUT2D eigenvalue weighted by molar-refractivity contribution is 5.91. The Bertz CT molecular complexity index is 707. The van der Waals surface area contributed by atoms with Crippen molar-refractivity contribution in [2.75, 3.05) is 5.73 Å². The maximum Gasteiger partial charge on any atom is 0.335 e. The topological polar surface area (TPSA) is 83.6 Å². The molecule has 0 spiro atoms. The number of phenols is 1. The smallest absolute Gasteiger partial charge is 0.335 e. The number of anilines is 1. The van der Waals surface area contributed by atoms with Gasteiger partial charge in [0.05, 0.1) is 11.3 Å². The molecule has 1 aliphatic rings. The zero-order valence-electron chi connectivity index (χ0n) is 10.9. The summed E-state index contributed by atoms with van der Waals surface area (Å²) < 4.78 is 0. The summed E-state index contributed by atoms with van der Waals surface area (Å²) in [5.41, 5.74) is 10.0. The molecule has 0 aliphatic heterocycles. The number of phenolic OH excluding ortho intramolecular Hbond substituents is 1. The zero-order chi connectivity index (χ0) is 14.3. The van der Waals surface area contributed by atoms with Gasteiger partial charge < -0.3 is 15.9 Å². The van der Waals surface area contributed by atoms with Gasteiger partial charge >= 0.3 is 5.97 Å². The normalized spacial score (nSPS) is 13.2. The van der Waals surface area contributed by atoms with Crippen LogP contribution in [0.3, 0.4) is 0 Å². The largest absolute Gasteiger partial charge is 0.505 e. The maximum absolute atomic E-state index is 11.1. The number of hydrogen-bond donors (Lipinski definition) is 3. The van der Waals surface area contributed by atoms with Gasteiger partial charge in [-0.25, -0.2) is 4.79 Å². The second-order valence-electron chi connectivity index (χ2n) is 5.07. The number of nitrogens with two attached hydrogens (primary N) is 1. The molecule has 0 aromatic heterocycles. The summed E-state index contributed by atoms with van der Waals surface area (Å²) in [5.74, 6) is -0.930. The Morgan fingerprint density at radius 1 is 1.20 bits per heavy atom. The van der Waals surface area contributed by atoms with E-state index in [1.54, 1.807) is 18.2 Å². The second-order valence-corrected chi connectivity index (χ2v) is 5.07. The number of carboxylic acids is 1. The molecule has 0 fully saturated rings. The minimum absolute atomic E-state index is 0.0492. The van der Waals surface area contributed by atoms with Gasteiger partial charge in [0.15, 0.2) is 0 Å².